The minimum Gasteiger partial charge on any atom is -0.486 e. The summed E-state index contributed by atoms with van der Waals surface area (Å²) in [6.07, 6.45) is 0. The van der Waals surface area contributed by atoms with Crippen molar-refractivity contribution in [3.05, 3.63) is 47.0 Å². The number of fused-ring (bicyclic) bond motifs is 1. The number of nitrogens with one attached hydrogen (secondary N) is 1. The molecule has 6 heteroatoms. The number of amides is 1. The van der Waals surface area contributed by atoms with Crippen molar-refractivity contribution in [3.8, 4) is 17.2 Å². The maximum absolute atomic E-state index is 12.1. The first kappa shape index (κ1) is 15.5. The SMILES string of the molecule is Cc1ccccc1OCC(=O)Nc1cc2c(cc1Cl)OCCO2. The van der Waals surface area contributed by atoms with Crippen LogP contribution >= 0.6 is 11.6 Å². The van der Waals surface area contributed by atoms with Gasteiger partial charge in [-0.2, -0.15) is 0 Å². The van der Waals surface area contributed by atoms with Gasteiger partial charge in [0.05, 0.1) is 10.7 Å². The summed E-state index contributed by atoms with van der Waals surface area (Å²) in [5.74, 6) is 1.52. The molecule has 1 heterocycles. The topological polar surface area (TPSA) is 56.8 Å². The molecular formula is C17H16ClNO4. The smallest absolute Gasteiger partial charge is 0.262 e. The summed E-state index contributed by atoms with van der Waals surface area (Å²) in [6, 6.07) is 10.8. The van der Waals surface area contributed by atoms with Crippen LogP contribution in [0.4, 0.5) is 5.69 Å². The van der Waals surface area contributed by atoms with E-state index in [-0.39, 0.29) is 12.5 Å². The van der Waals surface area contributed by atoms with Gasteiger partial charge in [0.25, 0.3) is 5.91 Å². The fourth-order valence-electron chi connectivity index (χ4n) is 2.21. The molecule has 5 nitrogen and oxygen atoms in total. The Morgan fingerprint density at radius 1 is 1.22 bits per heavy atom. The normalized spacial score (nSPS) is 12.6. The van der Waals surface area contributed by atoms with E-state index in [4.69, 9.17) is 25.8 Å². The molecule has 23 heavy (non-hydrogen) atoms. The average Bonchev–Trinajstić information content (AvgIpc) is 2.55. The number of hydrogen-bond acceptors (Lipinski definition) is 4. The molecule has 0 atom stereocenters. The summed E-state index contributed by atoms with van der Waals surface area (Å²) in [7, 11) is 0. The quantitative estimate of drug-likeness (QED) is 0.931. The van der Waals surface area contributed by atoms with Crippen molar-refractivity contribution < 1.29 is 19.0 Å². The number of hydrogen-bond donors (Lipinski definition) is 1. The Morgan fingerprint density at radius 2 is 1.91 bits per heavy atom. The van der Waals surface area contributed by atoms with Gasteiger partial charge in [-0.3, -0.25) is 4.79 Å². The molecule has 1 aliphatic rings. The lowest BCUT2D eigenvalue weighted by Gasteiger charge is -2.20. The number of ether oxygens (including phenoxy) is 3. The number of halogens is 1. The maximum atomic E-state index is 12.1. The van der Waals surface area contributed by atoms with Crippen LogP contribution in [-0.2, 0) is 4.79 Å². The minimum absolute atomic E-state index is 0.102. The molecule has 2 aromatic carbocycles. The third kappa shape index (κ3) is 3.68. The lowest BCUT2D eigenvalue weighted by molar-refractivity contribution is -0.118. The minimum atomic E-state index is -0.299. The van der Waals surface area contributed by atoms with Crippen molar-refractivity contribution in [1.82, 2.24) is 0 Å². The van der Waals surface area contributed by atoms with Crippen molar-refractivity contribution in [2.45, 2.75) is 6.92 Å². The molecule has 120 valence electrons. The second kappa shape index (κ2) is 6.79. The van der Waals surface area contributed by atoms with Gasteiger partial charge in [-0.1, -0.05) is 29.8 Å². The lowest BCUT2D eigenvalue weighted by Crippen LogP contribution is -2.21. The monoisotopic (exact) mass is 333 g/mol. The Kier molecular flexibility index (Phi) is 4.57. The first-order chi connectivity index (χ1) is 11.1. The highest BCUT2D eigenvalue weighted by Crippen LogP contribution is 2.37. The average molecular weight is 334 g/mol. The van der Waals surface area contributed by atoms with E-state index in [1.165, 1.54) is 0 Å². The van der Waals surface area contributed by atoms with Crippen LogP contribution in [0.25, 0.3) is 0 Å². The van der Waals surface area contributed by atoms with Crippen molar-refractivity contribution in [2.75, 3.05) is 25.1 Å². The summed E-state index contributed by atoms with van der Waals surface area (Å²) >= 11 is 6.16. The summed E-state index contributed by atoms with van der Waals surface area (Å²) in [4.78, 5) is 12.1. The third-order valence-electron chi connectivity index (χ3n) is 3.36. The molecule has 0 unspecified atom stereocenters. The van der Waals surface area contributed by atoms with E-state index in [0.717, 1.165) is 5.56 Å². The van der Waals surface area contributed by atoms with Crippen LogP contribution in [0, 0.1) is 6.92 Å². The third-order valence-corrected chi connectivity index (χ3v) is 3.67. The molecule has 1 aliphatic heterocycles. The molecular weight excluding hydrogens is 318 g/mol. The fraction of sp³-hybridized carbons (Fsp3) is 0.235. The van der Waals surface area contributed by atoms with Crippen LogP contribution in [-0.4, -0.2) is 25.7 Å². The number of para-hydroxylation sites is 1. The second-order valence-corrected chi connectivity index (χ2v) is 5.49. The van der Waals surface area contributed by atoms with Gasteiger partial charge in [0.2, 0.25) is 0 Å². The molecule has 3 rings (SSSR count). The molecule has 0 saturated heterocycles. The van der Waals surface area contributed by atoms with E-state index >= 15 is 0 Å². The van der Waals surface area contributed by atoms with Crippen molar-refractivity contribution in [1.29, 1.82) is 0 Å². The number of carbonyl (C=O) groups is 1. The van der Waals surface area contributed by atoms with Crippen LogP contribution in [0.3, 0.4) is 0 Å². The Labute approximate surface area is 139 Å². The van der Waals surface area contributed by atoms with Crippen LogP contribution in [0.15, 0.2) is 36.4 Å². The van der Waals surface area contributed by atoms with E-state index in [9.17, 15) is 4.79 Å². The second-order valence-electron chi connectivity index (χ2n) is 5.08. The molecule has 0 aromatic heterocycles. The van der Waals surface area contributed by atoms with Crippen LogP contribution < -0.4 is 19.5 Å². The summed E-state index contributed by atoms with van der Waals surface area (Å²) in [6.45, 7) is 2.78. The molecule has 0 spiro atoms. The molecule has 0 saturated carbocycles. The lowest BCUT2D eigenvalue weighted by atomic mass is 10.2. The molecule has 1 amide bonds. The van der Waals surface area contributed by atoms with E-state index in [0.29, 0.717) is 41.2 Å². The largest absolute Gasteiger partial charge is 0.486 e. The zero-order valence-corrected chi connectivity index (χ0v) is 13.4. The van der Waals surface area contributed by atoms with Gasteiger partial charge < -0.3 is 19.5 Å². The number of benzene rings is 2. The summed E-state index contributed by atoms with van der Waals surface area (Å²) in [5.41, 5.74) is 1.44. The first-order valence-electron chi connectivity index (χ1n) is 7.21. The highest BCUT2D eigenvalue weighted by Gasteiger charge is 2.16. The van der Waals surface area contributed by atoms with Gasteiger partial charge >= 0.3 is 0 Å². The van der Waals surface area contributed by atoms with Gasteiger partial charge in [-0.25, -0.2) is 0 Å². The van der Waals surface area contributed by atoms with Crippen molar-refractivity contribution in [3.63, 3.8) is 0 Å². The van der Waals surface area contributed by atoms with E-state index in [2.05, 4.69) is 5.32 Å². The highest BCUT2D eigenvalue weighted by atomic mass is 35.5. The Bertz CT molecular complexity index is 733. The van der Waals surface area contributed by atoms with Crippen LogP contribution in [0.2, 0.25) is 5.02 Å². The zero-order chi connectivity index (χ0) is 16.2. The molecule has 0 fully saturated rings. The zero-order valence-electron chi connectivity index (χ0n) is 12.6. The fourth-order valence-corrected chi connectivity index (χ4v) is 2.41. The highest BCUT2D eigenvalue weighted by molar-refractivity contribution is 6.34. The van der Waals surface area contributed by atoms with Gasteiger partial charge in [0.15, 0.2) is 18.1 Å². The van der Waals surface area contributed by atoms with Gasteiger partial charge in [-0.15, -0.1) is 0 Å². The molecule has 0 aliphatic carbocycles. The Hall–Kier alpha value is -2.40. The van der Waals surface area contributed by atoms with Gasteiger partial charge in [-0.05, 0) is 18.6 Å². The standard InChI is InChI=1S/C17H16ClNO4/c1-11-4-2-3-5-14(11)23-10-17(20)19-13-9-16-15(8-12(13)18)21-6-7-22-16/h2-5,8-9H,6-7,10H2,1H3,(H,19,20). The summed E-state index contributed by atoms with van der Waals surface area (Å²) < 4.78 is 16.4. The van der Waals surface area contributed by atoms with Gasteiger partial charge in [0.1, 0.15) is 19.0 Å². The number of anilines is 1. The molecule has 2 aromatic rings. The number of aryl methyl sites for hydroxylation is 1. The molecule has 0 radical (unpaired) electrons. The van der Waals surface area contributed by atoms with Crippen molar-refractivity contribution >= 4 is 23.2 Å². The maximum Gasteiger partial charge on any atom is 0.262 e. The number of rotatable bonds is 4. The van der Waals surface area contributed by atoms with Crippen LogP contribution in [0.1, 0.15) is 5.56 Å². The van der Waals surface area contributed by atoms with Gasteiger partial charge in [0, 0.05) is 12.1 Å². The van der Waals surface area contributed by atoms with E-state index in [1.807, 2.05) is 31.2 Å². The predicted molar refractivity (Wildman–Crippen MR) is 87.7 cm³/mol. The Balaban J connectivity index is 1.65. The van der Waals surface area contributed by atoms with Crippen molar-refractivity contribution in [2.24, 2.45) is 0 Å². The first-order valence-corrected chi connectivity index (χ1v) is 7.59. The Morgan fingerprint density at radius 3 is 2.65 bits per heavy atom. The predicted octanol–water partition coefficient (Wildman–Crippen LogP) is 3.44. The summed E-state index contributed by atoms with van der Waals surface area (Å²) in [5, 5.41) is 3.11. The number of carbonyl (C=O) groups excluding carboxylic acids is 1. The van der Waals surface area contributed by atoms with E-state index in [1.54, 1.807) is 12.1 Å². The van der Waals surface area contributed by atoms with E-state index < -0.39 is 0 Å². The van der Waals surface area contributed by atoms with Crippen LogP contribution in [0.5, 0.6) is 17.2 Å². The molecule has 0 bridgehead atoms. The molecule has 1 N–H and O–H groups in total.